The topological polar surface area (TPSA) is 66.0 Å². The van der Waals surface area contributed by atoms with Gasteiger partial charge in [0.25, 0.3) is 5.91 Å². The lowest BCUT2D eigenvalue weighted by molar-refractivity contribution is 0.0827. The normalized spacial score (nSPS) is 11.0. The summed E-state index contributed by atoms with van der Waals surface area (Å²) < 4.78 is 5.96. The molecule has 0 radical (unpaired) electrons. The summed E-state index contributed by atoms with van der Waals surface area (Å²) >= 11 is 0. The van der Waals surface area contributed by atoms with Gasteiger partial charge in [0.1, 0.15) is 12.4 Å². The largest absolute Gasteiger partial charge is 0.491 e. The van der Waals surface area contributed by atoms with Gasteiger partial charge in [-0.25, -0.2) is 4.99 Å². The van der Waals surface area contributed by atoms with Crippen LogP contribution in [0.3, 0.4) is 0 Å². The smallest absolute Gasteiger partial charge is 0.253 e. The van der Waals surface area contributed by atoms with Crippen molar-refractivity contribution in [2.75, 3.05) is 33.8 Å². The van der Waals surface area contributed by atoms with Gasteiger partial charge in [-0.15, -0.1) is 24.0 Å². The van der Waals surface area contributed by atoms with E-state index in [1.54, 1.807) is 19.0 Å². The van der Waals surface area contributed by atoms with Gasteiger partial charge in [-0.1, -0.05) is 44.2 Å². The molecule has 0 atom stereocenters. The monoisotopic (exact) mass is 538 g/mol. The number of hydrogen-bond acceptors (Lipinski definition) is 3. The predicted molar refractivity (Wildman–Crippen MR) is 139 cm³/mol. The van der Waals surface area contributed by atoms with E-state index in [0.717, 1.165) is 23.8 Å². The Balaban J connectivity index is 0.00000480. The van der Waals surface area contributed by atoms with E-state index in [1.165, 1.54) is 5.56 Å². The molecule has 170 valence electrons. The number of aliphatic imine (C=N–C) groups is 1. The number of carbonyl (C=O) groups excluding carboxylic acids is 1. The zero-order chi connectivity index (χ0) is 21.9. The molecule has 2 rings (SSSR count). The maximum Gasteiger partial charge on any atom is 0.253 e. The fourth-order valence-electron chi connectivity index (χ4n) is 2.94. The van der Waals surface area contributed by atoms with Crippen LogP contribution in [0.15, 0.2) is 53.5 Å². The number of hydrogen-bond donors (Lipinski definition) is 2. The molecule has 0 aliphatic heterocycles. The highest BCUT2D eigenvalue weighted by Gasteiger charge is 2.08. The Labute approximate surface area is 203 Å². The molecule has 0 aliphatic carbocycles. The van der Waals surface area contributed by atoms with Crippen LogP contribution < -0.4 is 15.4 Å². The van der Waals surface area contributed by atoms with Crippen molar-refractivity contribution in [2.24, 2.45) is 4.99 Å². The first-order valence-electron chi connectivity index (χ1n) is 10.5. The zero-order valence-corrected chi connectivity index (χ0v) is 21.5. The molecule has 2 aromatic rings. The van der Waals surface area contributed by atoms with Gasteiger partial charge in [0.05, 0.1) is 13.1 Å². The molecular weight excluding hydrogens is 503 g/mol. The van der Waals surface area contributed by atoms with Gasteiger partial charge in [0, 0.05) is 26.2 Å². The second kappa shape index (κ2) is 13.9. The molecule has 0 fully saturated rings. The van der Waals surface area contributed by atoms with E-state index in [1.807, 2.05) is 49.4 Å². The number of para-hydroxylation sites is 1. The van der Waals surface area contributed by atoms with E-state index in [-0.39, 0.29) is 29.9 Å². The fourth-order valence-corrected chi connectivity index (χ4v) is 2.94. The summed E-state index contributed by atoms with van der Waals surface area (Å²) in [4.78, 5) is 18.2. The Bertz CT molecular complexity index is 836. The van der Waals surface area contributed by atoms with Crippen molar-refractivity contribution in [3.8, 4) is 5.75 Å². The third-order valence-corrected chi connectivity index (χ3v) is 4.56. The minimum Gasteiger partial charge on any atom is -0.491 e. The molecule has 0 aromatic heterocycles. The van der Waals surface area contributed by atoms with E-state index < -0.39 is 0 Å². The lowest BCUT2D eigenvalue weighted by Crippen LogP contribution is -2.39. The molecule has 0 saturated heterocycles. The van der Waals surface area contributed by atoms with Crippen LogP contribution in [0, 0.1) is 0 Å². The Hall–Kier alpha value is -2.29. The Kier molecular flexibility index (Phi) is 12.0. The van der Waals surface area contributed by atoms with Crippen LogP contribution in [-0.4, -0.2) is 50.6 Å². The van der Waals surface area contributed by atoms with Crippen LogP contribution >= 0.6 is 24.0 Å². The van der Waals surface area contributed by atoms with E-state index in [9.17, 15) is 4.79 Å². The lowest BCUT2D eigenvalue weighted by Gasteiger charge is -2.15. The average Bonchev–Trinajstić information content (AvgIpc) is 2.74. The molecular formula is C24H35IN4O2. The average molecular weight is 538 g/mol. The van der Waals surface area contributed by atoms with Crippen molar-refractivity contribution in [2.45, 2.75) is 33.2 Å². The molecule has 2 N–H and O–H groups in total. The minimum atomic E-state index is -0.000836. The molecule has 2 aromatic carbocycles. The first-order chi connectivity index (χ1) is 14.4. The van der Waals surface area contributed by atoms with Gasteiger partial charge >= 0.3 is 0 Å². The second-order valence-electron chi connectivity index (χ2n) is 7.56. The maximum atomic E-state index is 12.0. The van der Waals surface area contributed by atoms with Crippen molar-refractivity contribution >= 4 is 35.8 Å². The van der Waals surface area contributed by atoms with Gasteiger partial charge in [0.2, 0.25) is 0 Å². The molecule has 0 bridgehead atoms. The number of benzene rings is 2. The quantitative estimate of drug-likeness (QED) is 0.217. The summed E-state index contributed by atoms with van der Waals surface area (Å²) in [7, 11) is 3.50. The van der Waals surface area contributed by atoms with Gasteiger partial charge in [-0.3, -0.25) is 4.79 Å². The lowest BCUT2D eigenvalue weighted by atomic mass is 10.0. The molecule has 0 unspecified atom stereocenters. The summed E-state index contributed by atoms with van der Waals surface area (Å²) in [5.74, 6) is 2.10. The standard InChI is InChI=1S/C24H34N4O2.HI/c1-6-25-24(26-15-16-30-22-10-8-7-9-21(22)18(2)3)27-17-19-11-13-20(14-12-19)23(29)28(4)5;/h7-14,18H,6,15-17H2,1-5H3,(H2,25,26,27);1H. The Morgan fingerprint density at radius 2 is 1.74 bits per heavy atom. The van der Waals surface area contributed by atoms with Crippen LogP contribution in [0.25, 0.3) is 0 Å². The molecule has 7 heteroatoms. The van der Waals surface area contributed by atoms with E-state index >= 15 is 0 Å². The first kappa shape index (κ1) is 26.7. The van der Waals surface area contributed by atoms with Crippen LogP contribution in [0.4, 0.5) is 0 Å². The summed E-state index contributed by atoms with van der Waals surface area (Å²) in [5.41, 5.74) is 2.94. The van der Waals surface area contributed by atoms with Gasteiger partial charge in [-0.2, -0.15) is 0 Å². The molecule has 1 amide bonds. The molecule has 0 spiro atoms. The molecule has 0 aliphatic rings. The summed E-state index contributed by atoms with van der Waals surface area (Å²) in [6.45, 7) is 8.87. The summed E-state index contributed by atoms with van der Waals surface area (Å²) in [6.07, 6.45) is 0. The van der Waals surface area contributed by atoms with Crippen molar-refractivity contribution < 1.29 is 9.53 Å². The number of nitrogens with one attached hydrogen (secondary N) is 2. The van der Waals surface area contributed by atoms with Crippen molar-refractivity contribution in [3.63, 3.8) is 0 Å². The Morgan fingerprint density at radius 1 is 1.06 bits per heavy atom. The third kappa shape index (κ3) is 8.77. The van der Waals surface area contributed by atoms with Crippen molar-refractivity contribution in [3.05, 3.63) is 65.2 Å². The van der Waals surface area contributed by atoms with E-state index in [4.69, 9.17) is 4.74 Å². The number of carbonyl (C=O) groups is 1. The van der Waals surface area contributed by atoms with E-state index in [0.29, 0.717) is 31.2 Å². The Morgan fingerprint density at radius 3 is 2.35 bits per heavy atom. The number of rotatable bonds is 9. The predicted octanol–water partition coefficient (Wildman–Crippen LogP) is 4.26. The molecule has 0 saturated carbocycles. The van der Waals surface area contributed by atoms with E-state index in [2.05, 4.69) is 35.5 Å². The summed E-state index contributed by atoms with van der Waals surface area (Å²) in [6, 6.07) is 15.7. The highest BCUT2D eigenvalue weighted by molar-refractivity contribution is 14.0. The number of ether oxygens (including phenoxy) is 1. The number of nitrogens with zero attached hydrogens (tertiary/aromatic N) is 2. The van der Waals surface area contributed by atoms with Crippen LogP contribution in [0.5, 0.6) is 5.75 Å². The maximum absolute atomic E-state index is 12.0. The van der Waals surface area contributed by atoms with Gasteiger partial charge in [-0.05, 0) is 42.2 Å². The van der Waals surface area contributed by atoms with Crippen LogP contribution in [0.2, 0.25) is 0 Å². The SMILES string of the molecule is CCNC(=NCc1ccc(C(=O)N(C)C)cc1)NCCOc1ccccc1C(C)C.I. The highest BCUT2D eigenvalue weighted by Crippen LogP contribution is 2.25. The minimum absolute atomic E-state index is 0. The number of amides is 1. The van der Waals surface area contributed by atoms with Crippen molar-refractivity contribution in [1.29, 1.82) is 0 Å². The first-order valence-corrected chi connectivity index (χ1v) is 10.5. The van der Waals surface area contributed by atoms with Crippen LogP contribution in [0.1, 0.15) is 48.2 Å². The third-order valence-electron chi connectivity index (χ3n) is 4.56. The van der Waals surface area contributed by atoms with Gasteiger partial charge < -0.3 is 20.3 Å². The van der Waals surface area contributed by atoms with Gasteiger partial charge in [0.15, 0.2) is 5.96 Å². The van der Waals surface area contributed by atoms with Crippen LogP contribution in [-0.2, 0) is 6.54 Å². The number of guanidine groups is 1. The number of halogens is 1. The summed E-state index contributed by atoms with van der Waals surface area (Å²) in [5, 5.41) is 6.56. The van der Waals surface area contributed by atoms with Crippen molar-refractivity contribution in [1.82, 2.24) is 15.5 Å². The molecule has 0 heterocycles. The molecule has 6 nitrogen and oxygen atoms in total. The fraction of sp³-hybridized carbons (Fsp3) is 0.417. The molecule has 31 heavy (non-hydrogen) atoms. The highest BCUT2D eigenvalue weighted by atomic mass is 127. The zero-order valence-electron chi connectivity index (χ0n) is 19.1. The second-order valence-corrected chi connectivity index (χ2v) is 7.56.